The van der Waals surface area contributed by atoms with Gasteiger partial charge in [-0.3, -0.25) is 0 Å². The van der Waals surface area contributed by atoms with Crippen LogP contribution in [-0.2, 0) is 0 Å². The minimum absolute atomic E-state index is 0.161. The molecule has 0 aromatic rings. The highest BCUT2D eigenvalue weighted by atomic mass is 19.1. The maximum Gasteiger partial charge on any atom is 0.116 e. The van der Waals surface area contributed by atoms with E-state index >= 15 is 0 Å². The third kappa shape index (κ3) is 0.947. The van der Waals surface area contributed by atoms with Crippen molar-refractivity contribution in [3.8, 4) is 0 Å². The number of rotatable bonds is 0. The highest BCUT2D eigenvalue weighted by molar-refractivity contribution is 5.00. The highest BCUT2D eigenvalue weighted by Crippen LogP contribution is 2.56. The van der Waals surface area contributed by atoms with Crippen LogP contribution in [0.4, 0.5) is 4.39 Å². The van der Waals surface area contributed by atoms with Gasteiger partial charge in [-0.25, -0.2) is 4.39 Å². The van der Waals surface area contributed by atoms with Crippen molar-refractivity contribution in [1.82, 2.24) is 0 Å². The Morgan fingerprint density at radius 1 is 1.30 bits per heavy atom. The van der Waals surface area contributed by atoms with Crippen molar-refractivity contribution in [2.45, 2.75) is 44.3 Å². The van der Waals surface area contributed by atoms with Crippen LogP contribution < -0.4 is 5.73 Å². The van der Waals surface area contributed by atoms with Crippen molar-refractivity contribution in [1.29, 1.82) is 0 Å². The minimum atomic E-state index is -0.712. The third-order valence-electron chi connectivity index (χ3n) is 3.06. The van der Waals surface area contributed by atoms with Crippen molar-refractivity contribution >= 4 is 0 Å². The first-order valence-corrected chi connectivity index (χ1v) is 4.12. The Labute approximate surface area is 60.8 Å². The number of hydrogen-bond acceptors (Lipinski definition) is 1. The molecule has 2 saturated carbocycles. The molecule has 1 nitrogen and oxygen atoms in total. The predicted octanol–water partition coefficient (Wildman–Crippen LogP) is 1.62. The lowest BCUT2D eigenvalue weighted by Crippen LogP contribution is -2.38. The van der Waals surface area contributed by atoms with Crippen LogP contribution in [0.1, 0.15) is 32.1 Å². The second-order valence-corrected chi connectivity index (χ2v) is 3.92. The van der Waals surface area contributed by atoms with E-state index in [0.717, 1.165) is 12.8 Å². The van der Waals surface area contributed by atoms with Crippen LogP contribution in [0.25, 0.3) is 0 Å². The van der Waals surface area contributed by atoms with E-state index in [1.165, 1.54) is 19.3 Å². The van der Waals surface area contributed by atoms with Gasteiger partial charge in [0, 0.05) is 6.04 Å². The van der Waals surface area contributed by atoms with E-state index in [1.807, 2.05) is 0 Å². The Hall–Kier alpha value is -0.110. The van der Waals surface area contributed by atoms with Gasteiger partial charge in [0.05, 0.1) is 0 Å². The van der Waals surface area contributed by atoms with Crippen LogP contribution in [0, 0.1) is 5.41 Å². The molecule has 0 saturated heterocycles. The maximum atomic E-state index is 13.0. The Morgan fingerprint density at radius 3 is 2.50 bits per heavy atom. The number of alkyl halides is 1. The Bertz CT molecular complexity index is 142. The Morgan fingerprint density at radius 2 is 2.00 bits per heavy atom. The van der Waals surface area contributed by atoms with Gasteiger partial charge in [0.15, 0.2) is 0 Å². The average Bonchev–Trinajstić information content (AvgIpc) is 2.62. The van der Waals surface area contributed by atoms with Gasteiger partial charge in [-0.2, -0.15) is 0 Å². The molecule has 0 aromatic carbocycles. The summed E-state index contributed by atoms with van der Waals surface area (Å²) in [4.78, 5) is 0. The van der Waals surface area contributed by atoms with Gasteiger partial charge < -0.3 is 5.73 Å². The molecule has 2 heteroatoms. The summed E-state index contributed by atoms with van der Waals surface area (Å²) in [5, 5.41) is 0. The van der Waals surface area contributed by atoms with E-state index in [-0.39, 0.29) is 6.04 Å². The summed E-state index contributed by atoms with van der Waals surface area (Å²) < 4.78 is 13.0. The lowest BCUT2D eigenvalue weighted by Gasteiger charge is -2.29. The van der Waals surface area contributed by atoms with Crippen molar-refractivity contribution < 1.29 is 4.39 Å². The monoisotopic (exact) mass is 143 g/mol. The minimum Gasteiger partial charge on any atom is -0.325 e. The molecule has 1 spiro atoms. The van der Waals surface area contributed by atoms with E-state index in [9.17, 15) is 4.39 Å². The van der Waals surface area contributed by atoms with Crippen molar-refractivity contribution in [2.75, 3.05) is 0 Å². The Kier molecular flexibility index (Phi) is 1.28. The molecule has 2 atom stereocenters. The van der Waals surface area contributed by atoms with E-state index < -0.39 is 6.17 Å². The molecule has 58 valence electrons. The molecule has 2 fully saturated rings. The van der Waals surface area contributed by atoms with Crippen molar-refractivity contribution in [3.63, 3.8) is 0 Å². The molecule has 0 aliphatic heterocycles. The summed E-state index contributed by atoms with van der Waals surface area (Å²) in [5.41, 5.74) is 5.98. The first-order chi connectivity index (χ1) is 4.72. The largest absolute Gasteiger partial charge is 0.325 e. The van der Waals surface area contributed by atoms with E-state index in [0.29, 0.717) is 5.41 Å². The van der Waals surface area contributed by atoms with E-state index in [1.54, 1.807) is 0 Å². The van der Waals surface area contributed by atoms with Gasteiger partial charge in [-0.1, -0.05) is 0 Å². The predicted molar refractivity (Wildman–Crippen MR) is 38.4 cm³/mol. The first kappa shape index (κ1) is 6.59. The molecule has 2 N–H and O–H groups in total. The van der Waals surface area contributed by atoms with Crippen molar-refractivity contribution in [2.24, 2.45) is 11.1 Å². The topological polar surface area (TPSA) is 26.0 Å². The zero-order valence-corrected chi connectivity index (χ0v) is 6.15. The molecule has 0 bridgehead atoms. The summed E-state index contributed by atoms with van der Waals surface area (Å²) in [6.45, 7) is 0. The Balaban J connectivity index is 1.98. The van der Waals surface area contributed by atoms with Gasteiger partial charge >= 0.3 is 0 Å². The highest BCUT2D eigenvalue weighted by Gasteiger charge is 2.48. The van der Waals surface area contributed by atoms with E-state index in [2.05, 4.69) is 0 Å². The zero-order valence-electron chi connectivity index (χ0n) is 6.15. The molecule has 0 radical (unpaired) electrons. The molecule has 2 rings (SSSR count). The average molecular weight is 143 g/mol. The van der Waals surface area contributed by atoms with Gasteiger partial charge in [0.2, 0.25) is 0 Å². The van der Waals surface area contributed by atoms with Gasteiger partial charge in [-0.15, -0.1) is 0 Å². The van der Waals surface area contributed by atoms with Gasteiger partial charge in [0.1, 0.15) is 6.17 Å². The molecular weight excluding hydrogens is 129 g/mol. The molecule has 0 amide bonds. The summed E-state index contributed by atoms with van der Waals surface area (Å²) in [6.07, 6.45) is 4.61. The van der Waals surface area contributed by atoms with Gasteiger partial charge in [-0.05, 0) is 37.5 Å². The molecule has 10 heavy (non-hydrogen) atoms. The molecule has 0 aromatic heterocycles. The summed E-state index contributed by atoms with van der Waals surface area (Å²) in [5.74, 6) is 0. The van der Waals surface area contributed by atoms with Crippen LogP contribution in [-0.4, -0.2) is 12.2 Å². The molecule has 0 unspecified atom stereocenters. The van der Waals surface area contributed by atoms with Crippen LogP contribution in [0.5, 0.6) is 0 Å². The van der Waals surface area contributed by atoms with Crippen molar-refractivity contribution in [3.05, 3.63) is 0 Å². The lowest BCUT2D eigenvalue weighted by molar-refractivity contribution is 0.159. The number of hydrogen-bond donors (Lipinski definition) is 1. The molecule has 0 heterocycles. The maximum absolute atomic E-state index is 13.0. The normalized spacial score (nSPS) is 43.8. The summed E-state index contributed by atoms with van der Waals surface area (Å²) in [7, 11) is 0. The van der Waals surface area contributed by atoms with Crippen LogP contribution in [0.3, 0.4) is 0 Å². The second kappa shape index (κ2) is 1.94. The standard InChI is InChI=1S/C8H14FN/c9-6-5-8(3-4-8)2-1-7(6)10/h6-7H,1-5,10H2/t6-,7-/m1/s1. The van der Waals surface area contributed by atoms with Crippen LogP contribution in [0.2, 0.25) is 0 Å². The second-order valence-electron chi connectivity index (χ2n) is 3.92. The first-order valence-electron chi connectivity index (χ1n) is 4.12. The summed E-state index contributed by atoms with van der Waals surface area (Å²) in [6, 6.07) is -0.161. The molecule has 2 aliphatic carbocycles. The van der Waals surface area contributed by atoms with Crippen LogP contribution >= 0.6 is 0 Å². The fourth-order valence-electron chi connectivity index (χ4n) is 1.95. The summed E-state index contributed by atoms with van der Waals surface area (Å²) >= 11 is 0. The van der Waals surface area contributed by atoms with Crippen LogP contribution in [0.15, 0.2) is 0 Å². The third-order valence-corrected chi connectivity index (χ3v) is 3.06. The molecule has 2 aliphatic rings. The number of halogens is 1. The smallest absolute Gasteiger partial charge is 0.116 e. The quantitative estimate of drug-likeness (QED) is 0.548. The molecular formula is C8H14FN. The van der Waals surface area contributed by atoms with E-state index in [4.69, 9.17) is 5.73 Å². The zero-order chi connectivity index (χ0) is 7.19. The fourth-order valence-corrected chi connectivity index (χ4v) is 1.95. The van der Waals surface area contributed by atoms with Gasteiger partial charge in [0.25, 0.3) is 0 Å². The fraction of sp³-hybridized carbons (Fsp3) is 1.00. The number of nitrogens with two attached hydrogens (primary N) is 1. The lowest BCUT2D eigenvalue weighted by atomic mass is 9.82. The SMILES string of the molecule is N[C@@H]1CCC2(CC2)C[C@H]1F.